The first-order chi connectivity index (χ1) is 2.41. The Hall–Kier alpha value is 0.935. The molecular formula is CH2BCl3. The van der Waals surface area contributed by atoms with E-state index >= 15 is 0 Å². The highest BCUT2D eigenvalue weighted by Crippen LogP contribution is 1.73. The maximum atomic E-state index is 4.76. The van der Waals surface area contributed by atoms with Crippen LogP contribution >= 0.6 is 34.7 Å². The van der Waals surface area contributed by atoms with E-state index in [-0.39, 0.29) is 5.34 Å². The summed E-state index contributed by atoms with van der Waals surface area (Å²) in [6, 6.07) is 0. The zero-order valence-corrected chi connectivity index (χ0v) is 4.69. The molecule has 0 nitrogen and oxygen atoms in total. The molecule has 0 heterocycles. The van der Waals surface area contributed by atoms with Gasteiger partial charge in [-0.15, -0.1) is 23.2 Å². The van der Waals surface area contributed by atoms with Gasteiger partial charge in [-0.1, -0.05) is 0 Å². The Balaban J connectivity index is 0. The van der Waals surface area contributed by atoms with Gasteiger partial charge in [0.15, 0.2) is 0 Å². The summed E-state index contributed by atoms with van der Waals surface area (Å²) in [5.74, 6) is 0. The Labute approximate surface area is 47.7 Å². The van der Waals surface area contributed by atoms with Crippen LogP contribution in [0.5, 0.6) is 0 Å². The van der Waals surface area contributed by atoms with E-state index in [0.717, 1.165) is 0 Å². The zero-order chi connectivity index (χ0) is 4.71. The van der Waals surface area contributed by atoms with Crippen molar-refractivity contribution in [2.45, 2.75) is 0 Å². The summed E-state index contributed by atoms with van der Waals surface area (Å²) < 4.78 is 0. The van der Waals surface area contributed by atoms with Crippen molar-refractivity contribution < 1.29 is 0 Å². The highest BCUT2D eigenvalue weighted by molar-refractivity contribution is 6.80. The average Bonchev–Trinajstić information content (AvgIpc) is 1.46. The molecule has 0 aliphatic rings. The number of alkyl halides is 2. The first-order valence-corrected chi connectivity index (χ1v) is 2.26. The first-order valence-electron chi connectivity index (χ1n) is 0.753. The van der Waals surface area contributed by atoms with Crippen molar-refractivity contribution in [1.29, 1.82) is 0 Å². The molecule has 0 spiro atoms. The Morgan fingerprint density at radius 1 is 1.20 bits per heavy atom. The fourth-order valence-electron chi connectivity index (χ4n) is 0. The SMILES string of the molecule is ClCCl.[B]Cl. The molecule has 2 radical (unpaired) electrons. The molecule has 0 bridgehead atoms. The summed E-state index contributed by atoms with van der Waals surface area (Å²) in [4.78, 5) is 0. The van der Waals surface area contributed by atoms with Crippen molar-refractivity contribution in [3.05, 3.63) is 0 Å². The second kappa shape index (κ2) is 20.4. The quantitative estimate of drug-likeness (QED) is 0.347. The smallest absolute Gasteiger partial charge is 0.214 e. The molecule has 0 saturated heterocycles. The average molecular weight is 131 g/mol. The standard InChI is InChI=1S/CH2Cl2.BCl/c2-1-3;1-2/h1H2;. The van der Waals surface area contributed by atoms with Crippen molar-refractivity contribution in [3.63, 3.8) is 0 Å². The van der Waals surface area contributed by atoms with E-state index in [1.165, 1.54) is 0 Å². The van der Waals surface area contributed by atoms with Crippen LogP contribution in [0.3, 0.4) is 0 Å². The summed E-state index contributed by atoms with van der Waals surface area (Å²) in [6.07, 6.45) is 0. The number of rotatable bonds is 0. The zero-order valence-electron chi connectivity index (χ0n) is 2.42. The number of hydrogen-bond donors (Lipinski definition) is 0. The van der Waals surface area contributed by atoms with Crippen LogP contribution in [0.4, 0.5) is 0 Å². The minimum absolute atomic E-state index is 0.194. The lowest BCUT2D eigenvalue weighted by Crippen LogP contribution is -1.24. The molecule has 0 aromatic carbocycles. The lowest BCUT2D eigenvalue weighted by molar-refractivity contribution is 2.20. The molecule has 0 aliphatic carbocycles. The molecule has 4 heteroatoms. The Kier molecular flexibility index (Phi) is 38.1. The third-order valence-electron chi connectivity index (χ3n) is 0. The summed E-state index contributed by atoms with van der Waals surface area (Å²) in [7, 11) is 3.97. The van der Waals surface area contributed by atoms with Crippen molar-refractivity contribution >= 4 is 41.9 Å². The van der Waals surface area contributed by atoms with Crippen LogP contribution in [-0.4, -0.2) is 12.6 Å². The molecule has 0 fully saturated rings. The van der Waals surface area contributed by atoms with Crippen LogP contribution in [-0.2, 0) is 0 Å². The fourth-order valence-corrected chi connectivity index (χ4v) is 0. The van der Waals surface area contributed by atoms with Gasteiger partial charge in [0, 0.05) is 0 Å². The minimum Gasteiger partial charge on any atom is -0.214 e. The molecule has 30 valence electrons. The van der Waals surface area contributed by atoms with Crippen LogP contribution in [0.2, 0.25) is 0 Å². The molecule has 0 rings (SSSR count). The molecule has 0 N–H and O–H groups in total. The highest BCUT2D eigenvalue weighted by Gasteiger charge is 1.41. The molecule has 0 unspecified atom stereocenters. The van der Waals surface area contributed by atoms with E-state index in [1.807, 2.05) is 0 Å². The molecular weight excluding hydrogens is 129 g/mol. The largest absolute Gasteiger partial charge is 0.214 e. The fraction of sp³-hybridized carbons (Fsp3) is 1.00. The third kappa shape index (κ3) is 48.6. The minimum atomic E-state index is 0.194. The summed E-state index contributed by atoms with van der Waals surface area (Å²) in [5.41, 5.74) is 0. The summed E-state index contributed by atoms with van der Waals surface area (Å²) in [6.45, 7) is 0. The molecule has 0 saturated carbocycles. The monoisotopic (exact) mass is 130 g/mol. The normalized spacial score (nSPS) is 4.60. The van der Waals surface area contributed by atoms with Crippen molar-refractivity contribution in [3.8, 4) is 0 Å². The van der Waals surface area contributed by atoms with E-state index in [4.69, 9.17) is 23.2 Å². The van der Waals surface area contributed by atoms with Crippen LogP contribution in [0, 0.1) is 0 Å². The van der Waals surface area contributed by atoms with Gasteiger partial charge in [0.25, 0.3) is 0 Å². The van der Waals surface area contributed by atoms with E-state index in [1.54, 1.807) is 0 Å². The predicted molar refractivity (Wildman–Crippen MR) is 28.2 cm³/mol. The topological polar surface area (TPSA) is 0 Å². The Morgan fingerprint density at radius 2 is 1.20 bits per heavy atom. The second-order valence-electron chi connectivity index (χ2n) is 0.101. The van der Waals surface area contributed by atoms with E-state index < -0.39 is 0 Å². The number of hydrogen-bond acceptors (Lipinski definition) is 0. The maximum Gasteiger partial charge on any atom is 0.214 e. The van der Waals surface area contributed by atoms with Gasteiger partial charge in [-0.05, 0) is 0 Å². The van der Waals surface area contributed by atoms with Crippen molar-refractivity contribution in [2.75, 3.05) is 5.34 Å². The second-order valence-corrected chi connectivity index (χ2v) is 0.909. The lowest BCUT2D eigenvalue weighted by atomic mass is 10.8. The van der Waals surface area contributed by atoms with E-state index in [9.17, 15) is 0 Å². The molecule has 0 aliphatic heterocycles. The van der Waals surface area contributed by atoms with E-state index in [0.29, 0.717) is 0 Å². The maximum absolute atomic E-state index is 4.76. The van der Waals surface area contributed by atoms with Gasteiger partial charge in [-0.3, -0.25) is 0 Å². The predicted octanol–water partition coefficient (Wildman–Crippen LogP) is 1.73. The van der Waals surface area contributed by atoms with Crippen molar-refractivity contribution in [2.24, 2.45) is 0 Å². The third-order valence-corrected chi connectivity index (χ3v) is 0. The highest BCUT2D eigenvalue weighted by atomic mass is 35.5. The molecule has 5 heavy (non-hydrogen) atoms. The van der Waals surface area contributed by atoms with Gasteiger partial charge in [0.2, 0.25) is 7.26 Å². The van der Waals surface area contributed by atoms with Crippen LogP contribution in [0.15, 0.2) is 0 Å². The lowest BCUT2D eigenvalue weighted by Gasteiger charge is -1.42. The molecule has 0 aromatic rings. The molecule has 0 aromatic heterocycles. The summed E-state index contributed by atoms with van der Waals surface area (Å²) >= 11 is 13.7. The molecule has 0 amide bonds. The Morgan fingerprint density at radius 3 is 1.20 bits per heavy atom. The van der Waals surface area contributed by atoms with Crippen molar-refractivity contribution in [1.82, 2.24) is 0 Å². The van der Waals surface area contributed by atoms with Crippen LogP contribution in [0.1, 0.15) is 0 Å². The van der Waals surface area contributed by atoms with Crippen LogP contribution in [0.25, 0.3) is 0 Å². The van der Waals surface area contributed by atoms with Gasteiger partial charge in [0.05, 0.1) is 5.34 Å². The number of halogens is 3. The van der Waals surface area contributed by atoms with Gasteiger partial charge in [0.1, 0.15) is 0 Å². The van der Waals surface area contributed by atoms with Crippen LogP contribution < -0.4 is 0 Å². The van der Waals surface area contributed by atoms with Gasteiger partial charge in [-0.2, -0.15) is 0 Å². The Bertz CT molecular complexity index is 6.85. The molecule has 0 atom stereocenters. The van der Waals surface area contributed by atoms with Gasteiger partial charge < -0.3 is 0 Å². The summed E-state index contributed by atoms with van der Waals surface area (Å²) in [5, 5.41) is 0.194. The van der Waals surface area contributed by atoms with Gasteiger partial charge >= 0.3 is 0 Å². The first kappa shape index (κ1) is 9.33. The van der Waals surface area contributed by atoms with E-state index in [2.05, 4.69) is 18.7 Å². The van der Waals surface area contributed by atoms with Gasteiger partial charge in [-0.25, -0.2) is 11.5 Å².